The molecular weight excluding hydrogens is 194 g/mol. The number of nitroso groups, excluding NO2 is 1. The Morgan fingerprint density at radius 1 is 1.54 bits per heavy atom. The van der Waals surface area contributed by atoms with Gasteiger partial charge in [0.1, 0.15) is 5.69 Å². The standard InChI is InChI=1S/C8H6ClNO3/c1-13-8(11)5-3-2-4-6(9)7(5)10-12/h2-4H,1H3. The molecule has 0 saturated carbocycles. The summed E-state index contributed by atoms with van der Waals surface area (Å²) in [6, 6.07) is 4.45. The van der Waals surface area contributed by atoms with Crippen molar-refractivity contribution in [3.8, 4) is 0 Å². The van der Waals surface area contributed by atoms with E-state index < -0.39 is 5.97 Å². The first-order chi connectivity index (χ1) is 6.20. The minimum Gasteiger partial charge on any atom is -0.465 e. The Morgan fingerprint density at radius 2 is 2.23 bits per heavy atom. The Balaban J connectivity index is 3.28. The highest BCUT2D eigenvalue weighted by Gasteiger charge is 2.14. The van der Waals surface area contributed by atoms with Gasteiger partial charge in [0.15, 0.2) is 0 Å². The molecule has 68 valence electrons. The summed E-state index contributed by atoms with van der Waals surface area (Å²) in [6.45, 7) is 0. The van der Waals surface area contributed by atoms with Crippen LogP contribution in [0.5, 0.6) is 0 Å². The molecule has 1 aromatic rings. The molecule has 0 N–H and O–H groups in total. The van der Waals surface area contributed by atoms with E-state index in [0.717, 1.165) is 0 Å². The molecule has 0 aliphatic heterocycles. The van der Waals surface area contributed by atoms with Gasteiger partial charge in [0.25, 0.3) is 0 Å². The fourth-order valence-electron chi connectivity index (χ4n) is 0.883. The second kappa shape index (κ2) is 4.00. The van der Waals surface area contributed by atoms with Gasteiger partial charge >= 0.3 is 5.97 Å². The third kappa shape index (κ3) is 1.84. The van der Waals surface area contributed by atoms with Crippen LogP contribution in [-0.2, 0) is 4.74 Å². The second-order valence-corrected chi connectivity index (χ2v) is 2.63. The van der Waals surface area contributed by atoms with E-state index in [4.69, 9.17) is 11.6 Å². The van der Waals surface area contributed by atoms with Crippen molar-refractivity contribution < 1.29 is 9.53 Å². The highest BCUT2D eigenvalue weighted by atomic mass is 35.5. The molecule has 0 atom stereocenters. The molecule has 0 aliphatic rings. The first kappa shape index (κ1) is 9.67. The van der Waals surface area contributed by atoms with Crippen molar-refractivity contribution in [1.29, 1.82) is 0 Å². The molecule has 0 saturated heterocycles. The van der Waals surface area contributed by atoms with E-state index in [2.05, 4.69) is 9.91 Å². The fraction of sp³-hybridized carbons (Fsp3) is 0.125. The molecule has 4 nitrogen and oxygen atoms in total. The van der Waals surface area contributed by atoms with Crippen molar-refractivity contribution in [3.63, 3.8) is 0 Å². The van der Waals surface area contributed by atoms with E-state index in [1.165, 1.54) is 19.2 Å². The fourth-order valence-corrected chi connectivity index (χ4v) is 1.09. The first-order valence-corrected chi connectivity index (χ1v) is 3.78. The van der Waals surface area contributed by atoms with Crippen LogP contribution in [0.1, 0.15) is 10.4 Å². The average molecular weight is 200 g/mol. The van der Waals surface area contributed by atoms with Gasteiger partial charge in [-0.1, -0.05) is 17.7 Å². The van der Waals surface area contributed by atoms with E-state index in [9.17, 15) is 9.70 Å². The molecule has 0 heterocycles. The number of hydrogen-bond acceptors (Lipinski definition) is 4. The van der Waals surface area contributed by atoms with E-state index >= 15 is 0 Å². The van der Waals surface area contributed by atoms with E-state index in [-0.39, 0.29) is 16.3 Å². The van der Waals surface area contributed by atoms with E-state index in [0.29, 0.717) is 0 Å². The summed E-state index contributed by atoms with van der Waals surface area (Å²) in [4.78, 5) is 21.4. The van der Waals surface area contributed by atoms with Gasteiger partial charge in [0.2, 0.25) is 0 Å². The Morgan fingerprint density at radius 3 is 2.77 bits per heavy atom. The molecule has 5 heteroatoms. The third-order valence-corrected chi connectivity index (χ3v) is 1.79. The molecule has 0 unspecified atom stereocenters. The lowest BCUT2D eigenvalue weighted by molar-refractivity contribution is 0.0601. The van der Waals surface area contributed by atoms with Gasteiger partial charge in [0.05, 0.1) is 17.7 Å². The van der Waals surface area contributed by atoms with Crippen LogP contribution in [0, 0.1) is 4.91 Å². The number of rotatable bonds is 2. The van der Waals surface area contributed by atoms with E-state index in [1.807, 2.05) is 0 Å². The zero-order chi connectivity index (χ0) is 9.84. The van der Waals surface area contributed by atoms with Crippen molar-refractivity contribution in [2.24, 2.45) is 5.18 Å². The summed E-state index contributed by atoms with van der Waals surface area (Å²) in [5, 5.41) is 2.79. The molecule has 0 aromatic heterocycles. The van der Waals surface area contributed by atoms with Crippen LogP contribution in [0.4, 0.5) is 5.69 Å². The van der Waals surface area contributed by atoms with Gasteiger partial charge in [-0.25, -0.2) is 4.79 Å². The van der Waals surface area contributed by atoms with Crippen LogP contribution in [-0.4, -0.2) is 13.1 Å². The maximum atomic E-state index is 11.1. The average Bonchev–Trinajstić information content (AvgIpc) is 2.16. The molecule has 0 aliphatic carbocycles. The lowest BCUT2D eigenvalue weighted by Gasteiger charge is -2.01. The number of carbonyl (C=O) groups is 1. The lowest BCUT2D eigenvalue weighted by Crippen LogP contribution is -2.01. The predicted octanol–water partition coefficient (Wildman–Crippen LogP) is 2.52. The summed E-state index contributed by atoms with van der Waals surface area (Å²) < 4.78 is 4.44. The van der Waals surface area contributed by atoms with Crippen molar-refractivity contribution in [3.05, 3.63) is 33.7 Å². The molecule has 0 fully saturated rings. The number of halogens is 1. The van der Waals surface area contributed by atoms with Gasteiger partial charge in [0, 0.05) is 0 Å². The molecule has 1 rings (SSSR count). The SMILES string of the molecule is COC(=O)c1cccc(Cl)c1N=O. The van der Waals surface area contributed by atoms with Crippen molar-refractivity contribution in [1.82, 2.24) is 0 Å². The van der Waals surface area contributed by atoms with Crippen LogP contribution in [0.2, 0.25) is 5.02 Å². The van der Waals surface area contributed by atoms with Crippen LogP contribution < -0.4 is 0 Å². The van der Waals surface area contributed by atoms with Gasteiger partial charge in [-0.05, 0) is 17.3 Å². The Labute approximate surface area is 79.4 Å². The summed E-state index contributed by atoms with van der Waals surface area (Å²) in [5.74, 6) is -0.628. The number of nitrogens with zero attached hydrogens (tertiary/aromatic N) is 1. The number of esters is 1. The second-order valence-electron chi connectivity index (χ2n) is 2.22. The molecule has 0 spiro atoms. The van der Waals surface area contributed by atoms with Crippen LogP contribution in [0.25, 0.3) is 0 Å². The zero-order valence-electron chi connectivity index (χ0n) is 6.78. The molecular formula is C8H6ClNO3. The summed E-state index contributed by atoms with van der Waals surface area (Å²) in [6.07, 6.45) is 0. The summed E-state index contributed by atoms with van der Waals surface area (Å²) >= 11 is 5.63. The highest BCUT2D eigenvalue weighted by molar-refractivity contribution is 6.33. The van der Waals surface area contributed by atoms with Crippen molar-refractivity contribution in [2.45, 2.75) is 0 Å². The maximum absolute atomic E-state index is 11.1. The van der Waals surface area contributed by atoms with Gasteiger partial charge in [-0.3, -0.25) is 0 Å². The molecule has 0 radical (unpaired) electrons. The molecule has 13 heavy (non-hydrogen) atoms. The van der Waals surface area contributed by atoms with Gasteiger partial charge < -0.3 is 4.74 Å². The van der Waals surface area contributed by atoms with E-state index in [1.54, 1.807) is 6.07 Å². The van der Waals surface area contributed by atoms with Gasteiger partial charge in [-0.15, -0.1) is 4.91 Å². The smallest absolute Gasteiger partial charge is 0.340 e. The Hall–Kier alpha value is -1.42. The van der Waals surface area contributed by atoms with Crippen molar-refractivity contribution in [2.75, 3.05) is 7.11 Å². The van der Waals surface area contributed by atoms with Crippen LogP contribution >= 0.6 is 11.6 Å². The lowest BCUT2D eigenvalue weighted by atomic mass is 10.2. The Bertz CT molecular complexity index is 351. The normalized spacial score (nSPS) is 9.38. The number of ether oxygens (including phenoxy) is 1. The number of carbonyl (C=O) groups excluding carboxylic acids is 1. The Kier molecular flexibility index (Phi) is 2.97. The quantitative estimate of drug-likeness (QED) is 0.543. The molecule has 1 aromatic carbocycles. The number of hydrogen-bond donors (Lipinski definition) is 0. The largest absolute Gasteiger partial charge is 0.465 e. The topological polar surface area (TPSA) is 55.7 Å². The predicted molar refractivity (Wildman–Crippen MR) is 48.2 cm³/mol. The van der Waals surface area contributed by atoms with Crippen LogP contribution in [0.15, 0.2) is 23.4 Å². The zero-order valence-corrected chi connectivity index (χ0v) is 7.54. The molecule has 0 amide bonds. The van der Waals surface area contributed by atoms with Crippen molar-refractivity contribution >= 4 is 23.3 Å². The highest BCUT2D eigenvalue weighted by Crippen LogP contribution is 2.28. The molecule has 0 bridgehead atoms. The number of methoxy groups -OCH3 is 1. The van der Waals surface area contributed by atoms with Gasteiger partial charge in [-0.2, -0.15) is 0 Å². The third-order valence-electron chi connectivity index (χ3n) is 1.48. The minimum absolute atomic E-state index is 0.0741. The first-order valence-electron chi connectivity index (χ1n) is 3.41. The maximum Gasteiger partial charge on any atom is 0.340 e. The summed E-state index contributed by atoms with van der Waals surface area (Å²) in [7, 11) is 1.22. The number of benzene rings is 1. The minimum atomic E-state index is -0.628. The van der Waals surface area contributed by atoms with Crippen LogP contribution in [0.3, 0.4) is 0 Å². The monoisotopic (exact) mass is 199 g/mol. The summed E-state index contributed by atoms with van der Waals surface area (Å²) in [5.41, 5.74) is -0.0129.